The van der Waals surface area contributed by atoms with Gasteiger partial charge in [-0.25, -0.2) is 9.18 Å². The smallest absolute Gasteiger partial charge is 0.341 e. The number of carbonyl (C=O) groups is 1. The van der Waals surface area contributed by atoms with Crippen LogP contribution in [-0.4, -0.2) is 61.9 Å². The van der Waals surface area contributed by atoms with Gasteiger partial charge in [0.1, 0.15) is 11.3 Å². The molecule has 5 rings (SSSR count). The van der Waals surface area contributed by atoms with Crippen LogP contribution < -0.4 is 20.4 Å². The highest BCUT2D eigenvalue weighted by Gasteiger charge is 2.32. The van der Waals surface area contributed by atoms with Gasteiger partial charge in [0, 0.05) is 31.4 Å². The van der Waals surface area contributed by atoms with Crippen molar-refractivity contribution in [2.75, 3.05) is 32.1 Å². The lowest BCUT2D eigenvalue weighted by Crippen LogP contribution is -2.45. The van der Waals surface area contributed by atoms with Gasteiger partial charge in [0.2, 0.25) is 5.43 Å². The van der Waals surface area contributed by atoms with Crippen molar-refractivity contribution >= 4 is 32.7 Å². The van der Waals surface area contributed by atoms with Crippen molar-refractivity contribution in [3.8, 4) is 5.75 Å². The predicted molar refractivity (Wildman–Crippen MR) is 140 cm³/mol. The van der Waals surface area contributed by atoms with Gasteiger partial charge in [0.05, 0.1) is 22.9 Å². The third-order valence-corrected chi connectivity index (χ3v) is 7.63. The number of hydrogen-bond acceptors (Lipinski definition) is 7. The molecule has 2 heterocycles. The van der Waals surface area contributed by atoms with E-state index in [4.69, 9.17) is 9.29 Å². The standard InChI is InChI=1S/C20H24FN3O4.C6H6O3S/c1-22-11-4-3-7-23(9-11)17-15(21)8-13-16(19(17)28-2)24(12-5-6-12)10-14(18(13)25)20(26)27;7-10(8,9)6-4-2-1-3-5-6/h8,10-12,22H,3-7,9H2,1-2H3,(H,26,27);1-5H,(H,7,8,9). The van der Waals surface area contributed by atoms with Crippen LogP contribution >= 0.6 is 0 Å². The van der Waals surface area contributed by atoms with E-state index in [-0.39, 0.29) is 27.9 Å². The average Bonchev–Trinajstić information content (AvgIpc) is 3.74. The normalized spacial score (nSPS) is 17.6. The number of benzene rings is 2. The van der Waals surface area contributed by atoms with E-state index in [9.17, 15) is 23.1 Å². The Morgan fingerprint density at radius 1 is 1.18 bits per heavy atom. The van der Waals surface area contributed by atoms with Gasteiger partial charge in [-0.1, -0.05) is 18.2 Å². The summed E-state index contributed by atoms with van der Waals surface area (Å²) < 4.78 is 51.8. The molecule has 1 aliphatic heterocycles. The zero-order valence-electron chi connectivity index (χ0n) is 21.1. The summed E-state index contributed by atoms with van der Waals surface area (Å²) in [4.78, 5) is 26.1. The Labute approximate surface area is 219 Å². The van der Waals surface area contributed by atoms with Gasteiger partial charge in [-0.15, -0.1) is 0 Å². The van der Waals surface area contributed by atoms with E-state index in [1.807, 2.05) is 11.9 Å². The van der Waals surface area contributed by atoms with Crippen LogP contribution in [0.3, 0.4) is 0 Å². The van der Waals surface area contributed by atoms with Crippen molar-refractivity contribution in [1.29, 1.82) is 0 Å². The minimum Gasteiger partial charge on any atom is -0.492 e. The van der Waals surface area contributed by atoms with Crippen molar-refractivity contribution in [3.05, 3.63) is 64.2 Å². The molecule has 38 heavy (non-hydrogen) atoms. The first-order valence-electron chi connectivity index (χ1n) is 12.2. The number of carboxylic acid groups (broad SMARTS) is 1. The largest absolute Gasteiger partial charge is 0.492 e. The van der Waals surface area contributed by atoms with E-state index in [1.165, 1.54) is 31.5 Å². The van der Waals surface area contributed by atoms with E-state index < -0.39 is 27.3 Å². The van der Waals surface area contributed by atoms with Crippen molar-refractivity contribution in [1.82, 2.24) is 9.88 Å². The zero-order chi connectivity index (χ0) is 27.6. The van der Waals surface area contributed by atoms with Crippen LogP contribution in [-0.2, 0) is 10.1 Å². The summed E-state index contributed by atoms with van der Waals surface area (Å²) in [5, 5.41) is 12.7. The van der Waals surface area contributed by atoms with E-state index in [1.54, 1.807) is 22.8 Å². The molecule has 3 aromatic rings. The predicted octanol–water partition coefficient (Wildman–Crippen LogP) is 3.30. The fourth-order valence-electron chi connectivity index (χ4n) is 4.73. The van der Waals surface area contributed by atoms with Gasteiger partial charge in [-0.3, -0.25) is 9.35 Å². The van der Waals surface area contributed by atoms with Crippen LogP contribution in [0.15, 0.2) is 52.3 Å². The molecule has 1 saturated heterocycles. The highest BCUT2D eigenvalue weighted by molar-refractivity contribution is 7.85. The summed E-state index contributed by atoms with van der Waals surface area (Å²) in [6, 6.07) is 8.93. The van der Waals surface area contributed by atoms with Gasteiger partial charge in [-0.05, 0) is 50.9 Å². The lowest BCUT2D eigenvalue weighted by atomic mass is 10.0. The van der Waals surface area contributed by atoms with Crippen molar-refractivity contribution in [2.24, 2.45) is 0 Å². The molecule has 1 aliphatic carbocycles. The van der Waals surface area contributed by atoms with Gasteiger partial charge < -0.3 is 24.6 Å². The summed E-state index contributed by atoms with van der Waals surface area (Å²) >= 11 is 0. The second kappa shape index (κ2) is 11.1. The number of nitrogens with one attached hydrogen (secondary N) is 1. The molecule has 12 heteroatoms. The van der Waals surface area contributed by atoms with E-state index >= 15 is 4.39 Å². The molecule has 1 atom stereocenters. The van der Waals surface area contributed by atoms with Crippen LogP contribution in [0.25, 0.3) is 10.9 Å². The van der Waals surface area contributed by atoms with Crippen molar-refractivity contribution in [2.45, 2.75) is 42.7 Å². The van der Waals surface area contributed by atoms with Crippen LogP contribution in [0.5, 0.6) is 5.75 Å². The van der Waals surface area contributed by atoms with Gasteiger partial charge in [-0.2, -0.15) is 8.42 Å². The number of piperidine rings is 1. The second-order valence-electron chi connectivity index (χ2n) is 9.31. The number of ether oxygens (including phenoxy) is 1. The van der Waals surface area contributed by atoms with Crippen molar-refractivity contribution < 1.29 is 32.0 Å². The summed E-state index contributed by atoms with van der Waals surface area (Å²) in [7, 11) is -0.651. The average molecular weight is 548 g/mol. The van der Waals surface area contributed by atoms with Crippen LogP contribution in [0.2, 0.25) is 0 Å². The number of fused-ring (bicyclic) bond motifs is 1. The number of likely N-dealkylation sites (N-methyl/N-ethyl adjacent to an activating group) is 1. The summed E-state index contributed by atoms with van der Waals surface area (Å²) in [6.45, 7) is 1.33. The molecule has 2 aliphatic rings. The Morgan fingerprint density at radius 3 is 2.39 bits per heavy atom. The Bertz CT molecular complexity index is 1500. The number of aromatic carboxylic acids is 1. The van der Waals surface area contributed by atoms with Crippen molar-refractivity contribution in [3.63, 3.8) is 0 Å². The van der Waals surface area contributed by atoms with E-state index in [2.05, 4.69) is 5.32 Å². The van der Waals surface area contributed by atoms with Crippen LogP contribution in [0, 0.1) is 5.82 Å². The highest BCUT2D eigenvalue weighted by atomic mass is 32.2. The van der Waals surface area contributed by atoms with Gasteiger partial charge in [0.25, 0.3) is 10.1 Å². The quantitative estimate of drug-likeness (QED) is 0.397. The molecule has 1 saturated carbocycles. The zero-order valence-corrected chi connectivity index (χ0v) is 21.9. The molecule has 0 bridgehead atoms. The number of hydrogen-bond donors (Lipinski definition) is 3. The molecule has 3 N–H and O–H groups in total. The first-order valence-corrected chi connectivity index (χ1v) is 13.6. The second-order valence-corrected chi connectivity index (χ2v) is 10.7. The first-order chi connectivity index (χ1) is 18.1. The Balaban J connectivity index is 0.000000283. The molecule has 2 fully saturated rings. The molecule has 0 spiro atoms. The number of carboxylic acids is 1. The molecule has 2 aromatic carbocycles. The lowest BCUT2D eigenvalue weighted by Gasteiger charge is -2.35. The number of nitrogens with zero attached hydrogens (tertiary/aromatic N) is 2. The Kier molecular flexibility index (Phi) is 8.05. The SMILES string of the molecule is CNC1CCCN(c2c(F)cc3c(=O)c(C(=O)O)cn(C4CC4)c3c2OC)C1.O=S(=O)(O)c1ccccc1. The summed E-state index contributed by atoms with van der Waals surface area (Å²) in [5.41, 5.74) is -0.216. The molecule has 0 amide bonds. The number of anilines is 1. The third kappa shape index (κ3) is 5.66. The van der Waals surface area contributed by atoms with E-state index in [0.717, 1.165) is 25.7 Å². The maximum atomic E-state index is 15.2. The molecule has 1 aromatic heterocycles. The van der Waals surface area contributed by atoms with Crippen LogP contribution in [0.1, 0.15) is 42.1 Å². The number of pyridine rings is 1. The topological polar surface area (TPSA) is 138 Å². The Morgan fingerprint density at radius 2 is 1.87 bits per heavy atom. The fraction of sp³-hybridized carbons (Fsp3) is 0.385. The Hall–Kier alpha value is -3.48. The number of aromatic nitrogens is 1. The summed E-state index contributed by atoms with van der Waals surface area (Å²) in [6.07, 6.45) is 5.08. The molecular formula is C26H30FN3O7S. The molecule has 0 radical (unpaired) electrons. The number of halogens is 1. The maximum Gasteiger partial charge on any atom is 0.341 e. The minimum atomic E-state index is -4.00. The minimum absolute atomic E-state index is 0.0482. The molecular weight excluding hydrogens is 517 g/mol. The first kappa shape index (κ1) is 27.6. The number of methoxy groups -OCH3 is 1. The maximum absolute atomic E-state index is 15.2. The monoisotopic (exact) mass is 547 g/mol. The fourth-order valence-corrected chi connectivity index (χ4v) is 5.23. The van der Waals surface area contributed by atoms with Gasteiger partial charge >= 0.3 is 5.97 Å². The molecule has 204 valence electrons. The molecule has 10 nitrogen and oxygen atoms in total. The van der Waals surface area contributed by atoms with Gasteiger partial charge in [0.15, 0.2) is 11.6 Å². The summed E-state index contributed by atoms with van der Waals surface area (Å²) in [5.74, 6) is -1.58. The molecule has 1 unspecified atom stereocenters. The van der Waals surface area contributed by atoms with E-state index in [0.29, 0.717) is 30.0 Å². The third-order valence-electron chi connectivity index (χ3n) is 6.76. The number of rotatable bonds is 6. The highest BCUT2D eigenvalue weighted by Crippen LogP contribution is 2.44. The van der Waals surface area contributed by atoms with Crippen LogP contribution in [0.4, 0.5) is 10.1 Å². The lowest BCUT2D eigenvalue weighted by molar-refractivity contribution is 0.0694.